The molecule has 0 atom stereocenters. The van der Waals surface area contributed by atoms with Crippen LogP contribution in [0.15, 0.2) is 0 Å². The zero-order valence-corrected chi connectivity index (χ0v) is 18.2. The number of unbranched alkanes of at least 4 members (excludes halogenated alkanes) is 1. The third-order valence-corrected chi connectivity index (χ3v) is 4.94. The van der Waals surface area contributed by atoms with Gasteiger partial charge in [0.05, 0.1) is 9.98 Å². The lowest BCUT2D eigenvalue weighted by Gasteiger charge is -2.25. The zero-order valence-electron chi connectivity index (χ0n) is 13.0. The van der Waals surface area contributed by atoms with Crippen LogP contribution in [0.5, 0.6) is 0 Å². The number of thiocarbonyl (C=S) groups is 2. The molecule has 0 spiro atoms. The van der Waals surface area contributed by atoms with E-state index in [0.29, 0.717) is 0 Å². The summed E-state index contributed by atoms with van der Waals surface area (Å²) in [5.74, 6) is 3.28. The van der Waals surface area contributed by atoms with Crippen LogP contribution in [0.1, 0.15) is 25.7 Å². The van der Waals surface area contributed by atoms with E-state index in [0.717, 1.165) is 84.9 Å². The van der Waals surface area contributed by atoms with Gasteiger partial charge in [0.25, 0.3) is 0 Å². The Bertz CT molecular complexity index is 272. The highest BCUT2D eigenvalue weighted by Crippen LogP contribution is 2.09. The molecule has 0 N–H and O–H groups in total. The average Bonchev–Trinajstić information content (AvgIpc) is 2.50. The summed E-state index contributed by atoms with van der Waals surface area (Å²) in [7, 11) is 0. The number of nitrogens with zero attached hydrogens (tertiary/aromatic N) is 2. The molecular formula is C14H28N2S6. The molecule has 0 rings (SSSR count). The topological polar surface area (TPSA) is 6.48 Å². The first-order chi connectivity index (χ1) is 10.6. The third kappa shape index (κ3) is 10.9. The van der Waals surface area contributed by atoms with Gasteiger partial charge in [-0.2, -0.15) is 50.5 Å². The van der Waals surface area contributed by atoms with E-state index in [4.69, 9.17) is 24.4 Å². The van der Waals surface area contributed by atoms with Gasteiger partial charge in [-0.15, -0.1) is 0 Å². The van der Waals surface area contributed by atoms with Crippen LogP contribution in [0.4, 0.5) is 0 Å². The van der Waals surface area contributed by atoms with Crippen molar-refractivity contribution in [2.45, 2.75) is 25.7 Å². The largest absolute Gasteiger partial charge is 0.365 e. The van der Waals surface area contributed by atoms with Gasteiger partial charge in [-0.3, -0.25) is 0 Å². The summed E-state index contributed by atoms with van der Waals surface area (Å²) in [6, 6.07) is 0. The molecule has 0 bridgehead atoms. The van der Waals surface area contributed by atoms with Crippen molar-refractivity contribution in [3.05, 3.63) is 0 Å². The summed E-state index contributed by atoms with van der Waals surface area (Å²) in [6.45, 7) is 3.61. The highest BCUT2D eigenvalue weighted by Gasteiger charge is 2.10. The Morgan fingerprint density at radius 2 is 0.864 bits per heavy atom. The fourth-order valence-corrected chi connectivity index (χ4v) is 3.69. The predicted molar refractivity (Wildman–Crippen MR) is 122 cm³/mol. The molecule has 0 saturated heterocycles. The lowest BCUT2D eigenvalue weighted by Crippen LogP contribution is -2.33. The van der Waals surface area contributed by atoms with Crippen molar-refractivity contribution >= 4 is 84.9 Å². The minimum Gasteiger partial charge on any atom is -0.365 e. The maximum atomic E-state index is 5.51. The number of hydrogen-bond acceptors (Lipinski definition) is 6. The second-order valence-electron chi connectivity index (χ2n) is 4.86. The van der Waals surface area contributed by atoms with Crippen molar-refractivity contribution in [3.8, 4) is 0 Å². The van der Waals surface area contributed by atoms with Crippen molar-refractivity contribution in [2.24, 2.45) is 0 Å². The molecule has 2 nitrogen and oxygen atoms in total. The Hall–Kier alpha value is 1.18. The van der Waals surface area contributed by atoms with E-state index in [1.807, 2.05) is 0 Å². The van der Waals surface area contributed by atoms with Gasteiger partial charge >= 0.3 is 0 Å². The van der Waals surface area contributed by atoms with Gasteiger partial charge in [-0.1, -0.05) is 24.4 Å². The molecule has 0 aliphatic carbocycles. The van der Waals surface area contributed by atoms with Crippen molar-refractivity contribution in [2.75, 3.05) is 49.2 Å². The molecule has 22 heavy (non-hydrogen) atoms. The monoisotopic (exact) mass is 416 g/mol. The van der Waals surface area contributed by atoms with Crippen LogP contribution >= 0.6 is 75.0 Å². The average molecular weight is 417 g/mol. The standard InChI is InChI=1S/C14H28N2S6/c17-9-5-15(6-10-18)13(21)3-1-2-4-14(22)16(7-11-19)8-12-20/h17-20H,1-12H2. The first-order valence-corrected chi connectivity index (χ1v) is 10.9. The molecule has 0 fully saturated rings. The molecule has 130 valence electrons. The second kappa shape index (κ2) is 15.7. The molecule has 0 unspecified atom stereocenters. The maximum absolute atomic E-state index is 5.51. The van der Waals surface area contributed by atoms with Gasteiger partial charge in [0.1, 0.15) is 0 Å². The third-order valence-electron chi connectivity index (χ3n) is 3.22. The fraction of sp³-hybridized carbons (Fsp3) is 0.857. The van der Waals surface area contributed by atoms with Crippen LogP contribution in [0.25, 0.3) is 0 Å². The van der Waals surface area contributed by atoms with Crippen molar-refractivity contribution < 1.29 is 0 Å². The molecule has 0 aromatic carbocycles. The van der Waals surface area contributed by atoms with Crippen molar-refractivity contribution in [3.63, 3.8) is 0 Å². The molecule has 0 aromatic rings. The SMILES string of the molecule is S=C(CCCCC(=S)N(CCS)CCS)N(CCS)CCS. The van der Waals surface area contributed by atoms with Crippen molar-refractivity contribution in [1.29, 1.82) is 0 Å². The van der Waals surface area contributed by atoms with Gasteiger partial charge < -0.3 is 9.80 Å². The molecule has 0 heterocycles. The first-order valence-electron chi connectivity index (χ1n) is 7.59. The van der Waals surface area contributed by atoms with Crippen LogP contribution in [0, 0.1) is 0 Å². The van der Waals surface area contributed by atoms with Crippen LogP contribution in [-0.4, -0.2) is 69.0 Å². The van der Waals surface area contributed by atoms with E-state index >= 15 is 0 Å². The van der Waals surface area contributed by atoms with Crippen LogP contribution in [-0.2, 0) is 0 Å². The summed E-state index contributed by atoms with van der Waals surface area (Å²) in [4.78, 5) is 6.47. The van der Waals surface area contributed by atoms with E-state index in [1.54, 1.807) is 0 Å². The Morgan fingerprint density at radius 1 is 0.591 bits per heavy atom. The van der Waals surface area contributed by atoms with E-state index in [2.05, 4.69) is 60.3 Å². The summed E-state index contributed by atoms with van der Waals surface area (Å²) in [5, 5.41) is 0. The molecule has 0 aromatic heterocycles. The summed E-state index contributed by atoms with van der Waals surface area (Å²) >= 11 is 28.2. The Morgan fingerprint density at radius 3 is 1.09 bits per heavy atom. The maximum Gasteiger partial charge on any atom is 0.0779 e. The summed E-state index contributed by atoms with van der Waals surface area (Å²) in [5.41, 5.74) is 0. The molecule has 0 radical (unpaired) electrons. The first kappa shape index (κ1) is 23.2. The van der Waals surface area contributed by atoms with Gasteiger partial charge in [0, 0.05) is 49.2 Å². The predicted octanol–water partition coefficient (Wildman–Crippen LogP) is 3.52. The fourth-order valence-electron chi connectivity index (χ4n) is 2.07. The highest BCUT2D eigenvalue weighted by molar-refractivity contribution is 7.81. The van der Waals surface area contributed by atoms with E-state index < -0.39 is 0 Å². The highest BCUT2D eigenvalue weighted by atomic mass is 32.1. The molecule has 0 saturated carbocycles. The smallest absolute Gasteiger partial charge is 0.0779 e. The van der Waals surface area contributed by atoms with Crippen LogP contribution in [0.3, 0.4) is 0 Å². The van der Waals surface area contributed by atoms with Gasteiger partial charge in [0.2, 0.25) is 0 Å². The van der Waals surface area contributed by atoms with Crippen LogP contribution < -0.4 is 0 Å². The van der Waals surface area contributed by atoms with E-state index in [9.17, 15) is 0 Å². The minimum absolute atomic E-state index is 0.820. The van der Waals surface area contributed by atoms with Crippen LogP contribution in [0.2, 0.25) is 0 Å². The van der Waals surface area contributed by atoms with Crippen molar-refractivity contribution in [1.82, 2.24) is 9.80 Å². The minimum atomic E-state index is 0.820. The number of thiol groups is 4. The number of hydrogen-bond donors (Lipinski definition) is 4. The van der Waals surface area contributed by atoms with Gasteiger partial charge in [-0.25, -0.2) is 0 Å². The van der Waals surface area contributed by atoms with Gasteiger partial charge in [0.15, 0.2) is 0 Å². The second-order valence-corrected chi connectivity index (χ2v) is 7.59. The quantitative estimate of drug-likeness (QED) is 0.207. The normalized spacial score (nSPS) is 10.5. The summed E-state index contributed by atoms with van der Waals surface area (Å²) in [6.07, 6.45) is 4.03. The molecule has 8 heteroatoms. The zero-order chi connectivity index (χ0) is 16.8. The Balaban J connectivity index is 4.03. The number of rotatable bonds is 13. The summed E-state index contributed by atoms with van der Waals surface area (Å²) < 4.78 is 0. The Kier molecular flexibility index (Phi) is 16.5. The molecule has 0 amide bonds. The van der Waals surface area contributed by atoms with Gasteiger partial charge in [-0.05, 0) is 25.7 Å². The molecule has 0 aliphatic rings. The lowest BCUT2D eigenvalue weighted by atomic mass is 10.1. The Labute approximate surface area is 168 Å². The lowest BCUT2D eigenvalue weighted by molar-refractivity contribution is 0.463. The molecule has 0 aliphatic heterocycles. The van der Waals surface area contributed by atoms with E-state index in [1.165, 1.54) is 0 Å². The van der Waals surface area contributed by atoms with E-state index in [-0.39, 0.29) is 0 Å². The molecular weight excluding hydrogens is 389 g/mol.